The zero-order valence-electron chi connectivity index (χ0n) is 36.4. The number of terminal acetylenes is 1. The molecule has 0 aliphatic heterocycles. The van der Waals surface area contributed by atoms with E-state index in [1.54, 1.807) is 86.6 Å². The number of hydrogen-bond donors (Lipinski definition) is 3. The molecule has 3 atom stereocenters. The van der Waals surface area contributed by atoms with E-state index in [1.165, 1.54) is 11.9 Å². The molecule has 4 rings (SSSR count). The van der Waals surface area contributed by atoms with E-state index in [4.69, 9.17) is 20.6 Å². The van der Waals surface area contributed by atoms with Crippen LogP contribution >= 0.6 is 0 Å². The first-order valence-corrected chi connectivity index (χ1v) is 20.1. The summed E-state index contributed by atoms with van der Waals surface area (Å²) in [6, 6.07) is 7.89. The van der Waals surface area contributed by atoms with Gasteiger partial charge >= 0.3 is 17.9 Å². The first-order valence-electron chi connectivity index (χ1n) is 20.1. The number of rotatable bonds is 15. The number of anilines is 1. The minimum Gasteiger partial charge on any atom is -0.460 e. The predicted octanol–water partition coefficient (Wildman–Crippen LogP) is 5.05. The molecule has 1 aromatic heterocycles. The fraction of sp³-hybridized carbons (Fsp3) is 0.533. The summed E-state index contributed by atoms with van der Waals surface area (Å²) in [5.74, 6) is -0.174. The SMILES string of the molecule is C#CCN(c1ccc(C(=O)N[C@@H](CCC(=O)N(C)[C@@H](CCC(=O)OC(C)(C)C)C(=O)OC(C)(C)C)C(=O)OC(C)(C)C)cc1)C1CCc2cc3nc(CO)[nH]c(=O)c3cc21. The summed E-state index contributed by atoms with van der Waals surface area (Å²) >= 11 is 0. The molecule has 2 amide bonds. The van der Waals surface area contributed by atoms with Crippen molar-refractivity contribution in [3.8, 4) is 12.3 Å². The van der Waals surface area contributed by atoms with Crippen LogP contribution in [0, 0.1) is 12.3 Å². The quantitative estimate of drug-likeness (QED) is 0.105. The molecule has 1 aliphatic carbocycles. The van der Waals surface area contributed by atoms with E-state index in [0.29, 0.717) is 17.3 Å². The lowest BCUT2D eigenvalue weighted by Gasteiger charge is -2.31. The maximum Gasteiger partial charge on any atom is 0.329 e. The van der Waals surface area contributed by atoms with Crippen LogP contribution in [0.1, 0.15) is 128 Å². The lowest BCUT2D eigenvalue weighted by molar-refractivity contribution is -0.166. The highest BCUT2D eigenvalue weighted by molar-refractivity contribution is 5.97. The van der Waals surface area contributed by atoms with E-state index in [2.05, 4.69) is 21.2 Å². The number of fused-ring (bicyclic) bond motifs is 2. The van der Waals surface area contributed by atoms with Crippen LogP contribution in [0.15, 0.2) is 41.2 Å². The molecular formula is C45H59N5O10. The third-order valence-corrected chi connectivity index (χ3v) is 9.54. The molecule has 0 spiro atoms. The molecular weight excluding hydrogens is 771 g/mol. The number of aromatic amines is 1. The Morgan fingerprint density at radius 3 is 2.12 bits per heavy atom. The van der Waals surface area contributed by atoms with Crippen molar-refractivity contribution in [3.63, 3.8) is 0 Å². The van der Waals surface area contributed by atoms with Crippen molar-refractivity contribution in [1.82, 2.24) is 20.2 Å². The van der Waals surface area contributed by atoms with Gasteiger partial charge in [0.1, 0.15) is 41.3 Å². The van der Waals surface area contributed by atoms with Gasteiger partial charge in [-0.3, -0.25) is 19.2 Å². The number of H-pyrrole nitrogens is 1. The Labute approximate surface area is 351 Å². The molecule has 3 N–H and O–H groups in total. The summed E-state index contributed by atoms with van der Waals surface area (Å²) in [4.78, 5) is 89.6. The second kappa shape index (κ2) is 19.1. The zero-order valence-corrected chi connectivity index (χ0v) is 36.4. The summed E-state index contributed by atoms with van der Waals surface area (Å²) < 4.78 is 16.6. The molecule has 2 aromatic carbocycles. The van der Waals surface area contributed by atoms with E-state index in [9.17, 15) is 33.9 Å². The van der Waals surface area contributed by atoms with Gasteiger partial charge in [-0.2, -0.15) is 0 Å². The number of aryl methyl sites for hydroxylation is 1. The van der Waals surface area contributed by atoms with Crippen LogP contribution in [0.4, 0.5) is 5.69 Å². The first kappa shape index (κ1) is 46.9. The van der Waals surface area contributed by atoms with Gasteiger partial charge < -0.3 is 39.4 Å². The number of ether oxygens (including phenoxy) is 3. The molecule has 15 heteroatoms. The van der Waals surface area contributed by atoms with Crippen molar-refractivity contribution in [3.05, 3.63) is 69.3 Å². The largest absolute Gasteiger partial charge is 0.460 e. The van der Waals surface area contributed by atoms with Crippen LogP contribution in [0.5, 0.6) is 0 Å². The van der Waals surface area contributed by atoms with Gasteiger partial charge in [0.05, 0.1) is 23.5 Å². The van der Waals surface area contributed by atoms with Crippen LogP contribution in [0.2, 0.25) is 0 Å². The standard InChI is InChI=1S/C45H59N5O10/c1-12-23-50(34-19-15-28-24-33-31(25-30(28)34)40(55)48-36(26-51)46-33)29-16-13-27(14-17-29)39(54)47-32(41(56)59-44(5,6)7)18-21-37(52)49(11)35(42(57)60-45(8,9)10)20-22-38(53)58-43(2,3)4/h1,13-14,16-17,24-25,32,34-35,51H,15,18-23,26H2,2-11H3,(H,47,54)(H,46,48,55)/t32-,34?,35-/m0/s1. The van der Waals surface area contributed by atoms with Crippen molar-refractivity contribution in [2.45, 2.75) is 142 Å². The Kier molecular flexibility index (Phi) is 14.9. The number of hydrogen-bond acceptors (Lipinski definition) is 12. The van der Waals surface area contributed by atoms with E-state index in [1.807, 2.05) is 17.0 Å². The van der Waals surface area contributed by atoms with Crippen molar-refractivity contribution in [1.29, 1.82) is 0 Å². The minimum absolute atomic E-state index is 0.0549. The Bertz CT molecular complexity index is 2170. The van der Waals surface area contributed by atoms with Gasteiger partial charge in [0.15, 0.2) is 0 Å². The number of carbonyl (C=O) groups excluding carboxylic acids is 5. The number of amides is 2. The van der Waals surface area contributed by atoms with E-state index >= 15 is 0 Å². The molecule has 0 fully saturated rings. The van der Waals surface area contributed by atoms with Crippen LogP contribution in [-0.2, 0) is 46.4 Å². The number of benzene rings is 2. The average molecular weight is 830 g/mol. The van der Waals surface area contributed by atoms with Crippen LogP contribution in [0.25, 0.3) is 10.9 Å². The summed E-state index contributed by atoms with van der Waals surface area (Å²) in [5, 5.41) is 12.6. The summed E-state index contributed by atoms with van der Waals surface area (Å²) in [6.45, 7) is 15.2. The van der Waals surface area contributed by atoms with Crippen molar-refractivity contribution in [2.24, 2.45) is 0 Å². The van der Waals surface area contributed by atoms with E-state index in [0.717, 1.165) is 23.2 Å². The number of esters is 3. The Hall–Kier alpha value is -5.75. The smallest absolute Gasteiger partial charge is 0.329 e. The maximum atomic E-state index is 13.7. The molecule has 0 saturated heterocycles. The summed E-state index contributed by atoms with van der Waals surface area (Å²) in [6.07, 6.45) is 6.65. The second-order valence-corrected chi connectivity index (χ2v) is 17.9. The predicted molar refractivity (Wildman–Crippen MR) is 226 cm³/mol. The van der Waals surface area contributed by atoms with Gasteiger partial charge in [0.25, 0.3) is 11.5 Å². The number of nitrogens with one attached hydrogen (secondary N) is 2. The fourth-order valence-corrected chi connectivity index (χ4v) is 6.92. The molecule has 1 aliphatic rings. The minimum atomic E-state index is -1.23. The number of aliphatic hydroxyl groups excluding tert-OH is 1. The zero-order chi connectivity index (χ0) is 44.7. The van der Waals surface area contributed by atoms with Gasteiger partial charge in [-0.05, 0) is 136 Å². The highest BCUT2D eigenvalue weighted by Crippen LogP contribution is 2.39. The second-order valence-electron chi connectivity index (χ2n) is 17.9. The first-order chi connectivity index (χ1) is 27.9. The van der Waals surface area contributed by atoms with Crippen LogP contribution < -0.4 is 15.8 Å². The molecule has 324 valence electrons. The van der Waals surface area contributed by atoms with Gasteiger partial charge in [-0.1, -0.05) is 5.92 Å². The van der Waals surface area contributed by atoms with Gasteiger partial charge in [0, 0.05) is 31.1 Å². The van der Waals surface area contributed by atoms with Crippen molar-refractivity contribution < 1.29 is 43.3 Å². The lowest BCUT2D eigenvalue weighted by Crippen LogP contribution is -2.47. The topological polar surface area (TPSA) is 198 Å². The van der Waals surface area contributed by atoms with Gasteiger partial charge in [-0.15, -0.1) is 6.42 Å². The number of aromatic nitrogens is 2. The highest BCUT2D eigenvalue weighted by atomic mass is 16.6. The molecule has 0 bridgehead atoms. The monoisotopic (exact) mass is 829 g/mol. The van der Waals surface area contributed by atoms with E-state index in [-0.39, 0.29) is 61.8 Å². The number of nitrogens with zero attached hydrogens (tertiary/aromatic N) is 3. The average Bonchev–Trinajstić information content (AvgIpc) is 3.54. The van der Waals surface area contributed by atoms with E-state index < -0.39 is 58.6 Å². The summed E-state index contributed by atoms with van der Waals surface area (Å²) in [5.41, 5.74) is 0.575. The van der Waals surface area contributed by atoms with Crippen LogP contribution in [-0.4, -0.2) is 92.2 Å². The number of likely N-dealkylation sites (N-methyl/N-ethyl adjacent to an activating group) is 1. The van der Waals surface area contributed by atoms with Gasteiger partial charge in [0.2, 0.25) is 5.91 Å². The third-order valence-electron chi connectivity index (χ3n) is 9.54. The lowest BCUT2D eigenvalue weighted by atomic mass is 10.0. The molecule has 60 heavy (non-hydrogen) atoms. The maximum absolute atomic E-state index is 13.7. The number of carbonyl (C=O) groups is 5. The molecule has 3 aromatic rings. The molecule has 1 heterocycles. The van der Waals surface area contributed by atoms with Crippen molar-refractivity contribution >= 4 is 46.3 Å². The fourth-order valence-electron chi connectivity index (χ4n) is 6.92. The normalized spacial score (nSPS) is 14.9. The molecule has 1 unspecified atom stereocenters. The number of aliphatic hydroxyl groups is 1. The highest BCUT2D eigenvalue weighted by Gasteiger charge is 2.35. The Balaban J connectivity index is 1.51. The third kappa shape index (κ3) is 12.9. The Morgan fingerprint density at radius 2 is 1.53 bits per heavy atom. The van der Waals surface area contributed by atoms with Gasteiger partial charge in [-0.25, -0.2) is 14.6 Å². The molecule has 0 radical (unpaired) electrons. The molecule has 0 saturated carbocycles. The Morgan fingerprint density at radius 1 is 0.917 bits per heavy atom. The van der Waals surface area contributed by atoms with Crippen LogP contribution in [0.3, 0.4) is 0 Å². The van der Waals surface area contributed by atoms with Crippen molar-refractivity contribution in [2.75, 3.05) is 18.5 Å². The molecule has 15 nitrogen and oxygen atoms in total. The summed E-state index contributed by atoms with van der Waals surface area (Å²) in [7, 11) is 1.43.